The van der Waals surface area contributed by atoms with Gasteiger partial charge in [-0.3, -0.25) is 0 Å². The van der Waals surface area contributed by atoms with Crippen molar-refractivity contribution in [3.8, 4) is 0 Å². The highest BCUT2D eigenvalue weighted by atomic mass is 16.3. The molecule has 3 rings (SSSR count). The summed E-state index contributed by atoms with van der Waals surface area (Å²) < 4.78 is 0. The zero-order chi connectivity index (χ0) is 9.71. The van der Waals surface area contributed by atoms with E-state index in [1.165, 1.54) is 32.1 Å². The summed E-state index contributed by atoms with van der Waals surface area (Å²) in [5, 5.41) is 9.37. The van der Waals surface area contributed by atoms with Gasteiger partial charge in [0.05, 0.1) is 0 Å². The molecule has 2 bridgehead atoms. The Morgan fingerprint density at radius 2 is 1.64 bits per heavy atom. The molecule has 0 aromatic heterocycles. The van der Waals surface area contributed by atoms with Gasteiger partial charge in [-0.1, -0.05) is 12.8 Å². The Balaban J connectivity index is 1.84. The molecule has 2 nitrogen and oxygen atoms in total. The molecule has 3 aliphatic carbocycles. The number of fused-ring (bicyclic) bond motifs is 5. The Morgan fingerprint density at radius 1 is 1.00 bits per heavy atom. The third-order valence-corrected chi connectivity index (χ3v) is 5.27. The predicted molar refractivity (Wildman–Crippen MR) is 55.6 cm³/mol. The first-order chi connectivity index (χ1) is 6.83. The highest BCUT2D eigenvalue weighted by molar-refractivity contribution is 5.07. The lowest BCUT2D eigenvalue weighted by Gasteiger charge is -2.41. The molecule has 6 atom stereocenters. The molecule has 0 amide bonds. The number of aliphatic hydroxyl groups is 1. The zero-order valence-electron chi connectivity index (χ0n) is 8.73. The Morgan fingerprint density at radius 3 is 2.29 bits per heavy atom. The summed E-state index contributed by atoms with van der Waals surface area (Å²) in [7, 11) is 0. The van der Waals surface area contributed by atoms with E-state index in [0.717, 1.165) is 23.7 Å². The van der Waals surface area contributed by atoms with Crippen molar-refractivity contribution < 1.29 is 5.11 Å². The van der Waals surface area contributed by atoms with Crippen LogP contribution in [0.5, 0.6) is 0 Å². The maximum absolute atomic E-state index is 9.37. The standard InChI is InChI=1S/C12H21NO/c13-12-10-5-9(11(12)6-14)7-3-1-2-4-8(7)10/h7-12,14H,1-6,13H2/t7-,8+,9-,10+,11+,12-/m0/s1. The predicted octanol–water partition coefficient (Wildman–Crippen LogP) is 1.38. The van der Waals surface area contributed by atoms with E-state index in [-0.39, 0.29) is 0 Å². The fourth-order valence-electron chi connectivity index (χ4n) is 4.71. The summed E-state index contributed by atoms with van der Waals surface area (Å²) >= 11 is 0. The zero-order valence-corrected chi connectivity index (χ0v) is 8.73. The van der Waals surface area contributed by atoms with Gasteiger partial charge in [0.1, 0.15) is 0 Å². The van der Waals surface area contributed by atoms with Crippen molar-refractivity contribution in [2.75, 3.05) is 6.61 Å². The monoisotopic (exact) mass is 195 g/mol. The van der Waals surface area contributed by atoms with E-state index in [2.05, 4.69) is 0 Å². The van der Waals surface area contributed by atoms with E-state index >= 15 is 0 Å². The molecule has 3 fully saturated rings. The van der Waals surface area contributed by atoms with Gasteiger partial charge in [-0.2, -0.15) is 0 Å². The summed E-state index contributed by atoms with van der Waals surface area (Å²) in [5.74, 6) is 3.80. The molecule has 0 saturated heterocycles. The van der Waals surface area contributed by atoms with Gasteiger partial charge in [-0.25, -0.2) is 0 Å². The van der Waals surface area contributed by atoms with Crippen LogP contribution < -0.4 is 5.73 Å². The molecule has 0 unspecified atom stereocenters. The summed E-state index contributed by atoms with van der Waals surface area (Å²) in [6.45, 7) is 0.325. The van der Waals surface area contributed by atoms with Gasteiger partial charge >= 0.3 is 0 Å². The van der Waals surface area contributed by atoms with Crippen molar-refractivity contribution in [3.05, 3.63) is 0 Å². The SMILES string of the molecule is N[C@H]1[C@@H]2C[C@@H]([C@H]3CCCC[C@H]32)[C@H]1CO. The first kappa shape index (κ1) is 9.17. The maximum Gasteiger partial charge on any atom is 0.0476 e. The van der Waals surface area contributed by atoms with Gasteiger partial charge in [0.2, 0.25) is 0 Å². The molecule has 14 heavy (non-hydrogen) atoms. The first-order valence-corrected chi connectivity index (χ1v) is 6.19. The third kappa shape index (κ3) is 1.04. The Labute approximate surface area is 85.9 Å². The molecule has 3 N–H and O–H groups in total. The minimum absolute atomic E-state index is 0.310. The fourth-order valence-corrected chi connectivity index (χ4v) is 4.71. The van der Waals surface area contributed by atoms with Gasteiger partial charge in [0.25, 0.3) is 0 Å². The molecular weight excluding hydrogens is 174 g/mol. The van der Waals surface area contributed by atoms with E-state index in [1.54, 1.807) is 0 Å². The van der Waals surface area contributed by atoms with Crippen molar-refractivity contribution in [2.45, 2.75) is 38.1 Å². The van der Waals surface area contributed by atoms with E-state index in [1.807, 2.05) is 0 Å². The van der Waals surface area contributed by atoms with E-state index in [4.69, 9.17) is 5.73 Å². The van der Waals surface area contributed by atoms with Crippen molar-refractivity contribution in [3.63, 3.8) is 0 Å². The van der Waals surface area contributed by atoms with Crippen LogP contribution in [-0.4, -0.2) is 17.8 Å². The first-order valence-electron chi connectivity index (χ1n) is 6.19. The second kappa shape index (κ2) is 3.21. The van der Waals surface area contributed by atoms with Crippen LogP contribution in [0, 0.1) is 29.6 Å². The minimum atomic E-state index is 0.310. The number of rotatable bonds is 1. The van der Waals surface area contributed by atoms with Gasteiger partial charge in [-0.05, 0) is 42.9 Å². The van der Waals surface area contributed by atoms with Crippen LogP contribution in [0.2, 0.25) is 0 Å². The lowest BCUT2D eigenvalue weighted by atomic mass is 9.66. The lowest BCUT2D eigenvalue weighted by molar-refractivity contribution is 0.0628. The van der Waals surface area contributed by atoms with E-state index in [9.17, 15) is 5.11 Å². The van der Waals surface area contributed by atoms with Crippen LogP contribution in [-0.2, 0) is 0 Å². The summed E-state index contributed by atoms with van der Waals surface area (Å²) in [5.41, 5.74) is 6.22. The molecule has 80 valence electrons. The summed E-state index contributed by atoms with van der Waals surface area (Å²) in [4.78, 5) is 0. The average Bonchev–Trinajstić information content (AvgIpc) is 2.74. The molecular formula is C12H21NO. The smallest absolute Gasteiger partial charge is 0.0476 e. The highest BCUT2D eigenvalue weighted by Crippen LogP contribution is 2.58. The van der Waals surface area contributed by atoms with Crippen molar-refractivity contribution in [1.82, 2.24) is 0 Å². The number of hydrogen-bond donors (Lipinski definition) is 2. The van der Waals surface area contributed by atoms with Crippen LogP contribution in [0.15, 0.2) is 0 Å². The maximum atomic E-state index is 9.37. The highest BCUT2D eigenvalue weighted by Gasteiger charge is 2.56. The van der Waals surface area contributed by atoms with E-state index < -0.39 is 0 Å². The molecule has 3 aliphatic rings. The minimum Gasteiger partial charge on any atom is -0.396 e. The van der Waals surface area contributed by atoms with Crippen molar-refractivity contribution in [2.24, 2.45) is 35.3 Å². The third-order valence-electron chi connectivity index (χ3n) is 5.27. The summed E-state index contributed by atoms with van der Waals surface area (Å²) in [6.07, 6.45) is 6.98. The van der Waals surface area contributed by atoms with Crippen LogP contribution in [0.25, 0.3) is 0 Å². The van der Waals surface area contributed by atoms with Gasteiger partial charge in [0.15, 0.2) is 0 Å². The van der Waals surface area contributed by atoms with Crippen molar-refractivity contribution in [1.29, 1.82) is 0 Å². The molecule has 0 aliphatic heterocycles. The molecule has 0 heterocycles. The number of hydrogen-bond acceptors (Lipinski definition) is 2. The molecule has 0 aromatic rings. The molecule has 0 radical (unpaired) electrons. The molecule has 3 saturated carbocycles. The average molecular weight is 195 g/mol. The van der Waals surface area contributed by atoms with Gasteiger partial charge in [0, 0.05) is 18.6 Å². The number of nitrogens with two attached hydrogens (primary N) is 1. The van der Waals surface area contributed by atoms with Crippen LogP contribution in [0.3, 0.4) is 0 Å². The molecule has 0 aromatic carbocycles. The fraction of sp³-hybridized carbons (Fsp3) is 1.00. The topological polar surface area (TPSA) is 46.2 Å². The summed E-state index contributed by atoms with van der Waals surface area (Å²) in [6, 6.07) is 0.310. The van der Waals surface area contributed by atoms with Crippen LogP contribution >= 0.6 is 0 Å². The van der Waals surface area contributed by atoms with E-state index in [0.29, 0.717) is 18.6 Å². The Hall–Kier alpha value is -0.0800. The molecule has 2 heteroatoms. The van der Waals surface area contributed by atoms with Crippen LogP contribution in [0.4, 0.5) is 0 Å². The Bertz CT molecular complexity index is 228. The molecule has 0 spiro atoms. The second-order valence-electron chi connectivity index (χ2n) is 5.60. The quantitative estimate of drug-likeness (QED) is 0.664. The van der Waals surface area contributed by atoms with Gasteiger partial charge in [-0.15, -0.1) is 0 Å². The van der Waals surface area contributed by atoms with Crippen molar-refractivity contribution >= 4 is 0 Å². The number of aliphatic hydroxyl groups excluding tert-OH is 1. The normalized spacial score (nSPS) is 56.1. The van der Waals surface area contributed by atoms with Crippen LogP contribution in [0.1, 0.15) is 32.1 Å². The second-order valence-corrected chi connectivity index (χ2v) is 5.60. The largest absolute Gasteiger partial charge is 0.396 e. The van der Waals surface area contributed by atoms with Gasteiger partial charge < -0.3 is 10.8 Å². The Kier molecular flexibility index (Phi) is 2.10. The lowest BCUT2D eigenvalue weighted by Crippen LogP contribution is -2.46.